The predicted molar refractivity (Wildman–Crippen MR) is 75.5 cm³/mol. The second-order valence-electron chi connectivity index (χ2n) is 4.65. The van der Waals surface area contributed by atoms with E-state index in [2.05, 4.69) is 41.0 Å². The van der Waals surface area contributed by atoms with Crippen LogP contribution in [0.4, 0.5) is 5.69 Å². The first kappa shape index (κ1) is 12.7. The van der Waals surface area contributed by atoms with Crippen molar-refractivity contribution in [2.24, 2.45) is 0 Å². The van der Waals surface area contributed by atoms with Crippen LogP contribution in [-0.2, 0) is 19.4 Å². The van der Waals surface area contributed by atoms with E-state index in [1.807, 2.05) is 13.0 Å². The maximum atomic E-state index is 6.11. The van der Waals surface area contributed by atoms with Crippen LogP contribution in [0.15, 0.2) is 30.3 Å². The highest BCUT2D eigenvalue weighted by molar-refractivity contribution is 5.48. The van der Waals surface area contributed by atoms with Crippen LogP contribution in [0.2, 0.25) is 0 Å². The highest BCUT2D eigenvalue weighted by atomic mass is 15.3. The maximum absolute atomic E-state index is 6.11. The van der Waals surface area contributed by atoms with E-state index in [4.69, 9.17) is 5.73 Å². The Morgan fingerprint density at radius 3 is 2.56 bits per heavy atom. The number of nitrogens with two attached hydrogens (primary N) is 1. The monoisotopic (exact) mass is 243 g/mol. The molecule has 0 aliphatic rings. The predicted octanol–water partition coefficient (Wildman–Crippen LogP) is 2.97. The van der Waals surface area contributed by atoms with Gasteiger partial charge in [0.2, 0.25) is 0 Å². The quantitative estimate of drug-likeness (QED) is 0.877. The van der Waals surface area contributed by atoms with Crippen molar-refractivity contribution in [2.45, 2.75) is 39.7 Å². The molecular weight excluding hydrogens is 222 g/mol. The third kappa shape index (κ3) is 2.73. The molecule has 0 saturated heterocycles. The molecule has 0 bridgehead atoms. The first-order valence-corrected chi connectivity index (χ1v) is 6.58. The molecule has 96 valence electrons. The average Bonchev–Trinajstić information content (AvgIpc) is 2.65. The maximum Gasteiger partial charge on any atom is 0.0826 e. The SMILES string of the molecule is CCCn1nc(C)c(N)c1CCc1ccccc1. The largest absolute Gasteiger partial charge is 0.396 e. The molecule has 0 aliphatic heterocycles. The van der Waals surface area contributed by atoms with E-state index in [0.717, 1.165) is 37.2 Å². The molecular formula is C15H21N3. The third-order valence-electron chi connectivity index (χ3n) is 3.21. The fourth-order valence-corrected chi connectivity index (χ4v) is 2.21. The summed E-state index contributed by atoms with van der Waals surface area (Å²) in [5.41, 5.74) is 10.5. The first-order chi connectivity index (χ1) is 8.72. The van der Waals surface area contributed by atoms with E-state index < -0.39 is 0 Å². The van der Waals surface area contributed by atoms with Crippen LogP contribution >= 0.6 is 0 Å². The van der Waals surface area contributed by atoms with Crippen molar-refractivity contribution in [1.82, 2.24) is 9.78 Å². The van der Waals surface area contributed by atoms with Gasteiger partial charge in [0.25, 0.3) is 0 Å². The van der Waals surface area contributed by atoms with Gasteiger partial charge in [-0.15, -0.1) is 0 Å². The molecule has 1 heterocycles. The molecule has 0 spiro atoms. The topological polar surface area (TPSA) is 43.8 Å². The van der Waals surface area contributed by atoms with Crippen LogP contribution in [0.1, 0.15) is 30.3 Å². The van der Waals surface area contributed by atoms with Crippen LogP contribution in [0.25, 0.3) is 0 Å². The number of hydrogen-bond acceptors (Lipinski definition) is 2. The molecule has 0 aliphatic carbocycles. The standard InChI is InChI=1S/C15H21N3/c1-3-11-18-14(15(16)12(2)17-18)10-9-13-7-5-4-6-8-13/h4-8H,3,9-11,16H2,1-2H3. The number of hydrogen-bond donors (Lipinski definition) is 1. The second kappa shape index (κ2) is 5.71. The molecule has 0 unspecified atom stereocenters. The number of nitrogens with zero attached hydrogens (tertiary/aromatic N) is 2. The first-order valence-electron chi connectivity index (χ1n) is 6.58. The summed E-state index contributed by atoms with van der Waals surface area (Å²) >= 11 is 0. The zero-order chi connectivity index (χ0) is 13.0. The lowest BCUT2D eigenvalue weighted by Gasteiger charge is -2.07. The Labute approximate surface area is 109 Å². The molecule has 1 aromatic carbocycles. The van der Waals surface area contributed by atoms with Gasteiger partial charge in [0.15, 0.2) is 0 Å². The minimum atomic E-state index is 0.861. The van der Waals surface area contributed by atoms with Crippen molar-refractivity contribution in [3.05, 3.63) is 47.3 Å². The molecule has 0 amide bonds. The molecule has 3 nitrogen and oxygen atoms in total. The number of aryl methyl sites for hydroxylation is 3. The Kier molecular flexibility index (Phi) is 4.03. The zero-order valence-corrected chi connectivity index (χ0v) is 11.2. The van der Waals surface area contributed by atoms with Gasteiger partial charge in [-0.3, -0.25) is 4.68 Å². The Bertz CT molecular complexity index is 500. The van der Waals surface area contributed by atoms with E-state index in [0.29, 0.717) is 0 Å². The molecule has 2 aromatic rings. The van der Waals surface area contributed by atoms with Crippen molar-refractivity contribution in [3.63, 3.8) is 0 Å². The summed E-state index contributed by atoms with van der Waals surface area (Å²) in [4.78, 5) is 0. The normalized spacial score (nSPS) is 10.8. The lowest BCUT2D eigenvalue weighted by Crippen LogP contribution is -2.07. The van der Waals surface area contributed by atoms with E-state index in [1.165, 1.54) is 11.3 Å². The molecule has 2 N–H and O–H groups in total. The molecule has 0 saturated carbocycles. The third-order valence-corrected chi connectivity index (χ3v) is 3.21. The summed E-state index contributed by atoms with van der Waals surface area (Å²) in [6.07, 6.45) is 3.05. The minimum absolute atomic E-state index is 0.861. The molecule has 0 radical (unpaired) electrons. The van der Waals surface area contributed by atoms with Crippen molar-refractivity contribution in [2.75, 3.05) is 5.73 Å². The van der Waals surface area contributed by atoms with E-state index in [-0.39, 0.29) is 0 Å². The Balaban J connectivity index is 2.13. The number of anilines is 1. The fraction of sp³-hybridized carbons (Fsp3) is 0.400. The molecule has 2 rings (SSSR count). The highest BCUT2D eigenvalue weighted by Crippen LogP contribution is 2.19. The molecule has 0 atom stereocenters. The van der Waals surface area contributed by atoms with Crippen molar-refractivity contribution in [3.8, 4) is 0 Å². The van der Waals surface area contributed by atoms with Crippen molar-refractivity contribution in [1.29, 1.82) is 0 Å². The lowest BCUT2D eigenvalue weighted by molar-refractivity contribution is 0.569. The van der Waals surface area contributed by atoms with Gasteiger partial charge in [0.05, 0.1) is 17.1 Å². The van der Waals surface area contributed by atoms with Gasteiger partial charge < -0.3 is 5.73 Å². The summed E-state index contributed by atoms with van der Waals surface area (Å²) in [5, 5.41) is 4.50. The van der Waals surface area contributed by atoms with Crippen molar-refractivity contribution >= 4 is 5.69 Å². The van der Waals surface area contributed by atoms with Gasteiger partial charge in [0.1, 0.15) is 0 Å². The van der Waals surface area contributed by atoms with Crippen LogP contribution in [0.3, 0.4) is 0 Å². The molecule has 1 aromatic heterocycles. The van der Waals surface area contributed by atoms with Gasteiger partial charge in [-0.05, 0) is 31.7 Å². The van der Waals surface area contributed by atoms with Crippen LogP contribution in [0, 0.1) is 6.92 Å². The van der Waals surface area contributed by atoms with Crippen LogP contribution in [-0.4, -0.2) is 9.78 Å². The van der Waals surface area contributed by atoms with E-state index in [9.17, 15) is 0 Å². The van der Waals surface area contributed by atoms with Gasteiger partial charge in [-0.25, -0.2) is 0 Å². The molecule has 18 heavy (non-hydrogen) atoms. The second-order valence-corrected chi connectivity index (χ2v) is 4.65. The van der Waals surface area contributed by atoms with E-state index in [1.54, 1.807) is 0 Å². The Hall–Kier alpha value is -1.77. The zero-order valence-electron chi connectivity index (χ0n) is 11.2. The summed E-state index contributed by atoms with van der Waals surface area (Å²) in [5.74, 6) is 0. The highest BCUT2D eigenvalue weighted by Gasteiger charge is 2.11. The number of aromatic nitrogens is 2. The average molecular weight is 243 g/mol. The van der Waals surface area contributed by atoms with Crippen molar-refractivity contribution < 1.29 is 0 Å². The van der Waals surface area contributed by atoms with Gasteiger partial charge >= 0.3 is 0 Å². The van der Waals surface area contributed by atoms with Crippen LogP contribution < -0.4 is 5.73 Å². The van der Waals surface area contributed by atoms with Gasteiger partial charge in [-0.2, -0.15) is 5.10 Å². The van der Waals surface area contributed by atoms with Gasteiger partial charge in [0, 0.05) is 6.54 Å². The fourth-order valence-electron chi connectivity index (χ4n) is 2.21. The van der Waals surface area contributed by atoms with Gasteiger partial charge in [-0.1, -0.05) is 37.3 Å². The summed E-state index contributed by atoms with van der Waals surface area (Å²) in [7, 11) is 0. The lowest BCUT2D eigenvalue weighted by atomic mass is 10.1. The molecule has 0 fully saturated rings. The minimum Gasteiger partial charge on any atom is -0.396 e. The van der Waals surface area contributed by atoms with E-state index >= 15 is 0 Å². The Morgan fingerprint density at radius 2 is 1.89 bits per heavy atom. The molecule has 3 heteroatoms. The number of benzene rings is 1. The summed E-state index contributed by atoms with van der Waals surface area (Å²) in [6.45, 7) is 5.09. The Morgan fingerprint density at radius 1 is 1.17 bits per heavy atom. The number of nitrogen functional groups attached to an aromatic ring is 1. The van der Waals surface area contributed by atoms with Crippen LogP contribution in [0.5, 0.6) is 0 Å². The summed E-state index contributed by atoms with van der Waals surface area (Å²) < 4.78 is 2.06. The summed E-state index contributed by atoms with van der Waals surface area (Å²) in [6, 6.07) is 10.5. The smallest absolute Gasteiger partial charge is 0.0826 e. The number of rotatable bonds is 5.